The van der Waals surface area contributed by atoms with Crippen LogP contribution in [0.4, 0.5) is 4.79 Å². The summed E-state index contributed by atoms with van der Waals surface area (Å²) in [6.45, 7) is 10.4. The van der Waals surface area contributed by atoms with Gasteiger partial charge < -0.3 is 19.9 Å². The van der Waals surface area contributed by atoms with Crippen molar-refractivity contribution in [3.8, 4) is 0 Å². The number of carbonyl (C=O) groups excluding carboxylic acids is 2. The minimum atomic E-state index is -0.0571. The zero-order chi connectivity index (χ0) is 18.7. The van der Waals surface area contributed by atoms with Crippen LogP contribution < -0.4 is 5.32 Å². The van der Waals surface area contributed by atoms with Crippen LogP contribution in [0, 0.1) is 5.92 Å². The molecule has 0 aromatic carbocycles. The monoisotopic (exact) mass is 363 g/mol. The van der Waals surface area contributed by atoms with E-state index in [-0.39, 0.29) is 18.0 Å². The molecule has 0 spiro atoms. The van der Waals surface area contributed by atoms with Gasteiger partial charge >= 0.3 is 6.03 Å². The van der Waals surface area contributed by atoms with Gasteiger partial charge in [0.1, 0.15) is 0 Å². The molecule has 3 heterocycles. The molecule has 0 aliphatic carbocycles. The Labute approximate surface area is 154 Å². The second kappa shape index (κ2) is 8.07. The number of carbonyl (C=O) groups is 2. The van der Waals surface area contributed by atoms with E-state index in [1.165, 1.54) is 0 Å². The number of urea groups is 1. The quantitative estimate of drug-likeness (QED) is 0.878. The minimum absolute atomic E-state index is 0.0538. The highest BCUT2D eigenvalue weighted by Crippen LogP contribution is 2.16. The zero-order valence-corrected chi connectivity index (χ0v) is 15.9. The number of rotatable bonds is 3. The first-order valence-corrected chi connectivity index (χ1v) is 9.45. The number of aromatic nitrogens is 2. The second-order valence-corrected chi connectivity index (χ2v) is 7.41. The van der Waals surface area contributed by atoms with Gasteiger partial charge in [-0.25, -0.2) is 4.79 Å². The van der Waals surface area contributed by atoms with Crippen LogP contribution in [0.5, 0.6) is 0 Å². The van der Waals surface area contributed by atoms with Crippen molar-refractivity contribution in [2.24, 2.45) is 5.92 Å². The van der Waals surface area contributed by atoms with Gasteiger partial charge in [-0.3, -0.25) is 9.48 Å². The van der Waals surface area contributed by atoms with Gasteiger partial charge in [0.25, 0.3) is 5.91 Å². The predicted octanol–water partition coefficient (Wildman–Crippen LogP) is 1.32. The molecule has 144 valence electrons. The summed E-state index contributed by atoms with van der Waals surface area (Å²) in [6, 6.07) is 1.89. The summed E-state index contributed by atoms with van der Waals surface area (Å²) in [6.07, 6.45) is 0.823. The molecule has 0 radical (unpaired) electrons. The van der Waals surface area contributed by atoms with Crippen molar-refractivity contribution in [2.75, 3.05) is 32.8 Å². The number of fused-ring (bicyclic) bond motifs is 1. The first-order valence-electron chi connectivity index (χ1n) is 9.45. The molecule has 0 bridgehead atoms. The fraction of sp³-hybridized carbons (Fsp3) is 0.722. The highest BCUT2D eigenvalue weighted by molar-refractivity contribution is 5.92. The lowest BCUT2D eigenvalue weighted by Crippen LogP contribution is -2.45. The lowest BCUT2D eigenvalue weighted by atomic mass is 10.1. The Morgan fingerprint density at radius 3 is 2.54 bits per heavy atom. The summed E-state index contributed by atoms with van der Waals surface area (Å²) < 4.78 is 7.17. The van der Waals surface area contributed by atoms with Crippen LogP contribution in [0.1, 0.15) is 43.4 Å². The van der Waals surface area contributed by atoms with Gasteiger partial charge in [-0.1, -0.05) is 13.8 Å². The molecule has 2 aliphatic heterocycles. The van der Waals surface area contributed by atoms with Gasteiger partial charge in [-0.05, 0) is 25.3 Å². The minimum Gasteiger partial charge on any atom is -0.378 e. The van der Waals surface area contributed by atoms with Crippen LogP contribution in [0.25, 0.3) is 0 Å². The van der Waals surface area contributed by atoms with Crippen molar-refractivity contribution in [2.45, 2.75) is 46.3 Å². The van der Waals surface area contributed by atoms with Gasteiger partial charge in [0.05, 0.1) is 25.5 Å². The van der Waals surface area contributed by atoms with E-state index >= 15 is 0 Å². The van der Waals surface area contributed by atoms with Crippen LogP contribution in [-0.2, 0) is 17.8 Å². The van der Waals surface area contributed by atoms with Crippen molar-refractivity contribution in [1.29, 1.82) is 0 Å². The fourth-order valence-corrected chi connectivity index (χ4v) is 3.12. The molecule has 26 heavy (non-hydrogen) atoms. The summed E-state index contributed by atoms with van der Waals surface area (Å²) in [5.74, 6) is 0.326. The van der Waals surface area contributed by atoms with Crippen molar-refractivity contribution >= 4 is 11.9 Å². The largest absolute Gasteiger partial charge is 0.378 e. The molecule has 1 aromatic rings. The highest BCUT2D eigenvalue weighted by atomic mass is 16.5. The van der Waals surface area contributed by atoms with Crippen LogP contribution >= 0.6 is 0 Å². The average Bonchev–Trinajstić information content (AvgIpc) is 2.93. The Hall–Kier alpha value is -2.09. The van der Waals surface area contributed by atoms with Crippen molar-refractivity contribution in [3.05, 3.63) is 17.5 Å². The van der Waals surface area contributed by atoms with E-state index in [1.54, 1.807) is 4.90 Å². The van der Waals surface area contributed by atoms with E-state index in [9.17, 15) is 9.59 Å². The number of aryl methyl sites for hydroxylation is 1. The number of nitrogens with one attached hydrogen (secondary N) is 1. The molecule has 2 aliphatic rings. The molecule has 1 saturated heterocycles. The van der Waals surface area contributed by atoms with Gasteiger partial charge in [-0.2, -0.15) is 5.10 Å². The first-order chi connectivity index (χ1) is 12.5. The smallest absolute Gasteiger partial charge is 0.317 e. The average molecular weight is 363 g/mol. The molecule has 1 aromatic heterocycles. The third-order valence-electron chi connectivity index (χ3n) is 5.17. The lowest BCUT2D eigenvalue weighted by molar-refractivity contribution is 0.0298. The maximum absolute atomic E-state index is 12.6. The number of nitrogens with zero attached hydrogens (tertiary/aromatic N) is 4. The maximum Gasteiger partial charge on any atom is 0.317 e. The normalized spacial score (nSPS) is 19.1. The van der Waals surface area contributed by atoms with E-state index < -0.39 is 0 Å². The van der Waals surface area contributed by atoms with Crippen LogP contribution in [-0.4, -0.2) is 70.4 Å². The predicted molar refractivity (Wildman–Crippen MR) is 96.8 cm³/mol. The Morgan fingerprint density at radius 1 is 1.12 bits per heavy atom. The summed E-state index contributed by atoms with van der Waals surface area (Å²) in [5, 5.41) is 7.55. The number of hydrogen-bond acceptors (Lipinski definition) is 4. The van der Waals surface area contributed by atoms with E-state index in [4.69, 9.17) is 4.74 Å². The van der Waals surface area contributed by atoms with Gasteiger partial charge in [0.15, 0.2) is 5.69 Å². The molecule has 3 amide bonds. The summed E-state index contributed by atoms with van der Waals surface area (Å²) in [4.78, 5) is 28.8. The standard InChI is InChI=1S/C18H29N5O3/c1-13(2)14(3)19-18(25)22-5-4-6-23-15(12-22)11-16(20-23)17(24)21-7-9-26-10-8-21/h11,13-14H,4-10,12H2,1-3H3,(H,19,25)/t14-/m1/s1. The number of morpholine rings is 1. The summed E-state index contributed by atoms with van der Waals surface area (Å²) in [7, 11) is 0. The summed E-state index contributed by atoms with van der Waals surface area (Å²) >= 11 is 0. The Morgan fingerprint density at radius 2 is 1.85 bits per heavy atom. The molecule has 8 heteroatoms. The number of ether oxygens (including phenoxy) is 1. The molecule has 1 N–H and O–H groups in total. The zero-order valence-electron chi connectivity index (χ0n) is 15.9. The van der Waals surface area contributed by atoms with E-state index in [0.717, 1.165) is 18.7 Å². The Balaban J connectivity index is 1.69. The molecule has 1 fully saturated rings. The van der Waals surface area contributed by atoms with E-state index in [2.05, 4.69) is 24.3 Å². The van der Waals surface area contributed by atoms with Crippen LogP contribution in [0.15, 0.2) is 6.07 Å². The second-order valence-electron chi connectivity index (χ2n) is 7.41. The Kier molecular flexibility index (Phi) is 5.80. The number of amides is 3. The topological polar surface area (TPSA) is 79.7 Å². The van der Waals surface area contributed by atoms with E-state index in [0.29, 0.717) is 51.0 Å². The third kappa shape index (κ3) is 4.17. The van der Waals surface area contributed by atoms with Crippen LogP contribution in [0.2, 0.25) is 0 Å². The van der Waals surface area contributed by atoms with Crippen molar-refractivity contribution < 1.29 is 14.3 Å². The third-order valence-corrected chi connectivity index (χ3v) is 5.17. The molecule has 1 atom stereocenters. The lowest BCUT2D eigenvalue weighted by Gasteiger charge is -2.26. The number of hydrogen-bond donors (Lipinski definition) is 1. The molecule has 3 rings (SSSR count). The molecule has 0 saturated carbocycles. The fourth-order valence-electron chi connectivity index (χ4n) is 3.12. The maximum atomic E-state index is 12.6. The van der Waals surface area contributed by atoms with Crippen LogP contribution in [0.3, 0.4) is 0 Å². The SMILES string of the molecule is CC(C)[C@@H](C)NC(=O)N1CCCn2nc(C(=O)N3CCOCC3)cc2C1. The van der Waals surface area contributed by atoms with Gasteiger partial charge in [-0.15, -0.1) is 0 Å². The molecule has 8 nitrogen and oxygen atoms in total. The molecular weight excluding hydrogens is 334 g/mol. The van der Waals surface area contributed by atoms with E-state index in [1.807, 2.05) is 22.6 Å². The molecular formula is C18H29N5O3. The van der Waals surface area contributed by atoms with Crippen molar-refractivity contribution in [1.82, 2.24) is 24.9 Å². The van der Waals surface area contributed by atoms with Gasteiger partial charge in [0.2, 0.25) is 0 Å². The van der Waals surface area contributed by atoms with Crippen molar-refractivity contribution in [3.63, 3.8) is 0 Å². The highest BCUT2D eigenvalue weighted by Gasteiger charge is 2.26. The Bertz CT molecular complexity index is 651. The van der Waals surface area contributed by atoms with Gasteiger partial charge in [0, 0.05) is 32.2 Å². The molecule has 0 unspecified atom stereocenters. The summed E-state index contributed by atoms with van der Waals surface area (Å²) in [5.41, 5.74) is 1.37. The first kappa shape index (κ1) is 18.7.